The lowest BCUT2D eigenvalue weighted by atomic mass is 10.0. The number of rotatable bonds is 5. The monoisotopic (exact) mass is 423 g/mol. The number of fused-ring (bicyclic) bond motifs is 1. The van der Waals surface area contributed by atoms with Gasteiger partial charge in [0.2, 0.25) is 5.91 Å². The lowest BCUT2D eigenvalue weighted by molar-refractivity contribution is -0.130. The van der Waals surface area contributed by atoms with E-state index in [2.05, 4.69) is 56.0 Å². The van der Waals surface area contributed by atoms with E-state index in [1.807, 2.05) is 11.0 Å². The van der Waals surface area contributed by atoms with Crippen molar-refractivity contribution in [2.75, 3.05) is 38.2 Å². The molecule has 0 saturated carbocycles. The fourth-order valence-corrected chi connectivity index (χ4v) is 4.96. The molecule has 0 radical (unpaired) electrons. The van der Waals surface area contributed by atoms with Gasteiger partial charge in [-0.15, -0.1) is 0 Å². The van der Waals surface area contributed by atoms with Crippen molar-refractivity contribution >= 4 is 32.6 Å². The number of nitrogens with zero attached hydrogens (tertiary/aromatic N) is 3. The lowest BCUT2D eigenvalue weighted by Crippen LogP contribution is -2.49. The molecule has 5 nitrogen and oxygen atoms in total. The van der Waals surface area contributed by atoms with Crippen LogP contribution in [0, 0.1) is 6.92 Å². The zero-order valence-electron chi connectivity index (χ0n) is 18.1. The van der Waals surface area contributed by atoms with E-state index in [4.69, 9.17) is 9.72 Å². The number of ether oxygens (including phenoxy) is 1. The van der Waals surface area contributed by atoms with Gasteiger partial charge in [-0.25, -0.2) is 4.98 Å². The molecule has 1 aliphatic heterocycles. The molecule has 0 atom stereocenters. The number of benzene rings is 2. The second kappa shape index (κ2) is 8.64. The topological polar surface area (TPSA) is 45.7 Å². The molecule has 1 aromatic heterocycles. The highest BCUT2D eigenvalue weighted by atomic mass is 32.1. The Hall–Kier alpha value is -2.60. The summed E-state index contributed by atoms with van der Waals surface area (Å²) in [6.45, 7) is 9.54. The van der Waals surface area contributed by atoms with Crippen molar-refractivity contribution in [1.29, 1.82) is 0 Å². The average Bonchev–Trinajstić information content (AvgIpc) is 3.21. The number of hydrogen-bond donors (Lipinski definition) is 0. The molecule has 3 aromatic rings. The van der Waals surface area contributed by atoms with E-state index in [0.29, 0.717) is 12.3 Å². The van der Waals surface area contributed by atoms with Gasteiger partial charge in [0.05, 0.1) is 18.2 Å². The van der Waals surface area contributed by atoms with Gasteiger partial charge < -0.3 is 14.5 Å². The summed E-state index contributed by atoms with van der Waals surface area (Å²) in [6, 6.07) is 12.5. The molecule has 2 aromatic carbocycles. The number of aryl methyl sites for hydroxylation is 1. The van der Waals surface area contributed by atoms with Crippen molar-refractivity contribution in [3.05, 3.63) is 53.1 Å². The van der Waals surface area contributed by atoms with Gasteiger partial charge in [0, 0.05) is 26.2 Å². The van der Waals surface area contributed by atoms with Gasteiger partial charge in [-0.3, -0.25) is 4.79 Å². The van der Waals surface area contributed by atoms with Crippen LogP contribution in [0.2, 0.25) is 0 Å². The molecule has 0 unspecified atom stereocenters. The summed E-state index contributed by atoms with van der Waals surface area (Å²) in [5, 5.41) is 1.01. The Bertz CT molecular complexity index is 1030. The van der Waals surface area contributed by atoms with Crippen molar-refractivity contribution in [2.45, 2.75) is 33.1 Å². The Kier molecular flexibility index (Phi) is 5.95. The summed E-state index contributed by atoms with van der Waals surface area (Å²) < 4.78 is 6.66. The minimum Gasteiger partial charge on any atom is -0.494 e. The first-order chi connectivity index (χ1) is 14.5. The standard InChI is InChI=1S/C24H29N3O2S/c1-16(2)19-8-6-18(7-9-19)15-21(28)26-11-13-27(14-12-26)24-25-22-20(29-4)10-5-17(3)23(22)30-24/h5-10,16H,11-15H2,1-4H3. The maximum atomic E-state index is 12.8. The van der Waals surface area contributed by atoms with E-state index in [9.17, 15) is 4.79 Å². The van der Waals surface area contributed by atoms with Gasteiger partial charge in [-0.2, -0.15) is 0 Å². The molecule has 0 N–H and O–H groups in total. The van der Waals surface area contributed by atoms with Crippen molar-refractivity contribution in [3.63, 3.8) is 0 Å². The van der Waals surface area contributed by atoms with Crippen LogP contribution in [0.3, 0.4) is 0 Å². The van der Waals surface area contributed by atoms with Crippen LogP contribution in [0.1, 0.15) is 36.5 Å². The van der Waals surface area contributed by atoms with Gasteiger partial charge in [-0.05, 0) is 35.6 Å². The summed E-state index contributed by atoms with van der Waals surface area (Å²) in [4.78, 5) is 21.9. The Morgan fingerprint density at radius 2 is 1.80 bits per heavy atom. The van der Waals surface area contributed by atoms with E-state index in [1.54, 1.807) is 18.4 Å². The van der Waals surface area contributed by atoms with Gasteiger partial charge in [0.25, 0.3) is 0 Å². The molecule has 0 aliphatic carbocycles. The highest BCUT2D eigenvalue weighted by Crippen LogP contribution is 2.36. The minimum atomic E-state index is 0.203. The lowest BCUT2D eigenvalue weighted by Gasteiger charge is -2.34. The number of aromatic nitrogens is 1. The largest absolute Gasteiger partial charge is 0.494 e. The van der Waals surface area contributed by atoms with Crippen molar-refractivity contribution < 1.29 is 9.53 Å². The fourth-order valence-electron chi connectivity index (χ4n) is 3.85. The van der Waals surface area contributed by atoms with E-state index < -0.39 is 0 Å². The first-order valence-corrected chi connectivity index (χ1v) is 11.3. The minimum absolute atomic E-state index is 0.203. The van der Waals surface area contributed by atoms with Gasteiger partial charge in [0.15, 0.2) is 5.13 Å². The number of thiazole rings is 1. The number of amides is 1. The van der Waals surface area contributed by atoms with Gasteiger partial charge in [-0.1, -0.05) is 55.5 Å². The molecule has 1 saturated heterocycles. The SMILES string of the molecule is COc1ccc(C)c2sc(N3CCN(C(=O)Cc4ccc(C(C)C)cc4)CC3)nc12. The number of carbonyl (C=O) groups excluding carboxylic acids is 1. The summed E-state index contributed by atoms with van der Waals surface area (Å²) in [5.74, 6) is 1.53. The number of methoxy groups -OCH3 is 1. The van der Waals surface area contributed by atoms with E-state index in [0.717, 1.165) is 48.1 Å². The molecule has 158 valence electrons. The molecule has 6 heteroatoms. The Labute approximate surface area is 182 Å². The first kappa shape index (κ1) is 20.7. The van der Waals surface area contributed by atoms with Crippen molar-refractivity contribution in [2.24, 2.45) is 0 Å². The van der Waals surface area contributed by atoms with E-state index in [1.165, 1.54) is 15.8 Å². The summed E-state index contributed by atoms with van der Waals surface area (Å²) in [6.07, 6.45) is 0.468. The van der Waals surface area contributed by atoms with Crippen LogP contribution in [-0.2, 0) is 11.2 Å². The molecule has 30 heavy (non-hydrogen) atoms. The Morgan fingerprint density at radius 3 is 2.43 bits per heavy atom. The predicted molar refractivity (Wildman–Crippen MR) is 124 cm³/mol. The third-order valence-electron chi connectivity index (χ3n) is 5.82. The average molecular weight is 424 g/mol. The number of hydrogen-bond acceptors (Lipinski definition) is 5. The van der Waals surface area contributed by atoms with Crippen molar-refractivity contribution in [1.82, 2.24) is 9.88 Å². The summed E-state index contributed by atoms with van der Waals surface area (Å²) in [5.41, 5.74) is 4.54. The van der Waals surface area contributed by atoms with Crippen LogP contribution in [0.25, 0.3) is 10.2 Å². The molecule has 0 bridgehead atoms. The third-order valence-corrected chi connectivity index (χ3v) is 7.07. The zero-order chi connectivity index (χ0) is 21.3. The molecule has 0 spiro atoms. The van der Waals surface area contributed by atoms with Gasteiger partial charge in [0.1, 0.15) is 11.3 Å². The molecule has 2 heterocycles. The van der Waals surface area contributed by atoms with Crippen LogP contribution >= 0.6 is 11.3 Å². The zero-order valence-corrected chi connectivity index (χ0v) is 19.0. The molecular formula is C24H29N3O2S. The van der Waals surface area contributed by atoms with Crippen LogP contribution in [0.4, 0.5) is 5.13 Å². The smallest absolute Gasteiger partial charge is 0.227 e. The number of piperazine rings is 1. The van der Waals surface area contributed by atoms with Gasteiger partial charge >= 0.3 is 0 Å². The third kappa shape index (κ3) is 4.15. The quantitative estimate of drug-likeness (QED) is 0.600. The Morgan fingerprint density at radius 1 is 1.10 bits per heavy atom. The second-order valence-corrected chi connectivity index (χ2v) is 9.18. The van der Waals surface area contributed by atoms with E-state index >= 15 is 0 Å². The van der Waals surface area contributed by atoms with Crippen LogP contribution in [0.15, 0.2) is 36.4 Å². The van der Waals surface area contributed by atoms with Crippen molar-refractivity contribution in [3.8, 4) is 5.75 Å². The Balaban J connectivity index is 1.39. The molecule has 4 rings (SSSR count). The summed E-state index contributed by atoms with van der Waals surface area (Å²) in [7, 11) is 1.68. The fraction of sp³-hybridized carbons (Fsp3) is 0.417. The molecule has 1 fully saturated rings. The predicted octanol–water partition coefficient (Wildman–Crippen LogP) is 4.63. The van der Waals surface area contributed by atoms with Crippen LogP contribution in [0.5, 0.6) is 5.75 Å². The number of carbonyl (C=O) groups is 1. The highest BCUT2D eigenvalue weighted by molar-refractivity contribution is 7.22. The summed E-state index contributed by atoms with van der Waals surface area (Å²) >= 11 is 1.71. The van der Waals surface area contributed by atoms with E-state index in [-0.39, 0.29) is 5.91 Å². The normalized spacial score (nSPS) is 14.6. The second-order valence-electron chi connectivity index (χ2n) is 8.20. The molecular weight excluding hydrogens is 394 g/mol. The molecule has 1 amide bonds. The van der Waals surface area contributed by atoms with Crippen LogP contribution < -0.4 is 9.64 Å². The number of anilines is 1. The molecule has 1 aliphatic rings. The van der Waals surface area contributed by atoms with Crippen LogP contribution in [-0.4, -0.2) is 49.1 Å². The maximum absolute atomic E-state index is 12.8. The maximum Gasteiger partial charge on any atom is 0.227 e. The first-order valence-electron chi connectivity index (χ1n) is 10.5. The highest BCUT2D eigenvalue weighted by Gasteiger charge is 2.24.